The third kappa shape index (κ3) is 2.73. The second-order valence-corrected chi connectivity index (χ2v) is 2.73. The highest BCUT2D eigenvalue weighted by Gasteiger charge is 2.19. The molecule has 1 rings (SSSR count). The zero-order chi connectivity index (χ0) is 8.97. The lowest BCUT2D eigenvalue weighted by atomic mass is 10.3. The van der Waals surface area contributed by atoms with Crippen LogP contribution in [0.2, 0.25) is 0 Å². The van der Waals surface area contributed by atoms with Crippen LogP contribution in [0.4, 0.5) is 8.78 Å². The van der Waals surface area contributed by atoms with Crippen LogP contribution in [0.5, 0.6) is 0 Å². The van der Waals surface area contributed by atoms with Gasteiger partial charge in [0.05, 0.1) is 6.42 Å². The molecule has 1 aliphatic heterocycles. The lowest BCUT2D eigenvalue weighted by Gasteiger charge is -2.27. The van der Waals surface area contributed by atoms with E-state index in [1.54, 1.807) is 0 Å². The summed E-state index contributed by atoms with van der Waals surface area (Å²) >= 11 is 0. The predicted octanol–water partition coefficient (Wildman–Crippen LogP) is 0.0734. The van der Waals surface area contributed by atoms with Gasteiger partial charge in [-0.15, -0.1) is 0 Å². The van der Waals surface area contributed by atoms with Crippen LogP contribution in [0.1, 0.15) is 6.42 Å². The Morgan fingerprint density at radius 3 is 2.50 bits per heavy atom. The van der Waals surface area contributed by atoms with Crippen molar-refractivity contribution in [3.63, 3.8) is 0 Å². The molecule has 1 amide bonds. The molecule has 0 unspecified atom stereocenters. The van der Waals surface area contributed by atoms with Gasteiger partial charge in [-0.05, 0) is 0 Å². The van der Waals surface area contributed by atoms with Crippen LogP contribution in [0, 0.1) is 0 Å². The van der Waals surface area contributed by atoms with Crippen molar-refractivity contribution in [1.82, 2.24) is 10.2 Å². The van der Waals surface area contributed by atoms with Crippen LogP contribution >= 0.6 is 0 Å². The number of amides is 1. The highest BCUT2D eigenvalue weighted by molar-refractivity contribution is 5.76. The summed E-state index contributed by atoms with van der Waals surface area (Å²) in [5.74, 6) is -0.438. The van der Waals surface area contributed by atoms with Gasteiger partial charge in [-0.2, -0.15) is 0 Å². The van der Waals surface area contributed by atoms with Crippen molar-refractivity contribution in [2.45, 2.75) is 12.8 Å². The van der Waals surface area contributed by atoms with E-state index >= 15 is 0 Å². The van der Waals surface area contributed by atoms with Crippen molar-refractivity contribution in [3.8, 4) is 0 Å². The van der Waals surface area contributed by atoms with E-state index in [9.17, 15) is 13.6 Å². The number of rotatable bonds is 2. The first-order chi connectivity index (χ1) is 5.70. The molecule has 1 fully saturated rings. The first-order valence-electron chi connectivity index (χ1n) is 3.97. The van der Waals surface area contributed by atoms with Gasteiger partial charge >= 0.3 is 0 Å². The van der Waals surface area contributed by atoms with E-state index < -0.39 is 18.8 Å². The number of alkyl halides is 2. The molecule has 0 bridgehead atoms. The smallest absolute Gasteiger partial charge is 0.247 e. The zero-order valence-electron chi connectivity index (χ0n) is 6.72. The van der Waals surface area contributed by atoms with Crippen LogP contribution < -0.4 is 5.32 Å². The fraction of sp³-hybridized carbons (Fsp3) is 0.857. The minimum atomic E-state index is -2.52. The number of nitrogens with zero attached hydrogens (tertiary/aromatic N) is 1. The Morgan fingerprint density at radius 2 is 2.00 bits per heavy atom. The van der Waals surface area contributed by atoms with Crippen molar-refractivity contribution >= 4 is 5.91 Å². The Labute approximate surface area is 69.7 Å². The molecule has 0 aromatic heterocycles. The van der Waals surface area contributed by atoms with Gasteiger partial charge in [0.15, 0.2) is 0 Å². The number of hydrogen-bond acceptors (Lipinski definition) is 2. The number of hydrogen-bond donors (Lipinski definition) is 1. The van der Waals surface area contributed by atoms with E-state index in [-0.39, 0.29) is 0 Å². The fourth-order valence-corrected chi connectivity index (χ4v) is 1.18. The fourth-order valence-electron chi connectivity index (χ4n) is 1.18. The van der Waals surface area contributed by atoms with E-state index in [0.29, 0.717) is 26.2 Å². The van der Waals surface area contributed by atoms with Gasteiger partial charge in [-0.3, -0.25) is 4.79 Å². The van der Waals surface area contributed by atoms with Crippen molar-refractivity contribution in [2.75, 3.05) is 26.2 Å². The molecular formula is C7H12F2N2O. The summed E-state index contributed by atoms with van der Waals surface area (Å²) in [4.78, 5) is 12.5. The lowest BCUT2D eigenvalue weighted by Crippen LogP contribution is -2.46. The van der Waals surface area contributed by atoms with Gasteiger partial charge in [0, 0.05) is 26.2 Å². The Balaban J connectivity index is 2.30. The Bertz CT molecular complexity index is 157. The number of nitrogens with one attached hydrogen (secondary N) is 1. The zero-order valence-corrected chi connectivity index (χ0v) is 6.72. The van der Waals surface area contributed by atoms with Gasteiger partial charge in [0.2, 0.25) is 12.3 Å². The minimum Gasteiger partial charge on any atom is -0.340 e. The van der Waals surface area contributed by atoms with Crippen molar-refractivity contribution in [2.24, 2.45) is 0 Å². The van der Waals surface area contributed by atoms with E-state index in [4.69, 9.17) is 0 Å². The number of carbonyl (C=O) groups is 1. The maximum Gasteiger partial charge on any atom is 0.247 e. The van der Waals surface area contributed by atoms with Crippen molar-refractivity contribution < 1.29 is 13.6 Å². The summed E-state index contributed by atoms with van der Waals surface area (Å²) in [7, 11) is 0. The molecule has 1 aliphatic rings. The molecule has 3 nitrogen and oxygen atoms in total. The Morgan fingerprint density at radius 1 is 1.42 bits per heavy atom. The molecular weight excluding hydrogens is 166 g/mol. The first-order valence-corrected chi connectivity index (χ1v) is 3.97. The molecule has 0 aromatic carbocycles. The van der Waals surface area contributed by atoms with Crippen molar-refractivity contribution in [1.29, 1.82) is 0 Å². The molecule has 1 saturated heterocycles. The third-order valence-electron chi connectivity index (χ3n) is 1.80. The molecule has 12 heavy (non-hydrogen) atoms. The average molecular weight is 178 g/mol. The molecule has 0 aromatic rings. The van der Waals surface area contributed by atoms with Gasteiger partial charge in [-0.1, -0.05) is 0 Å². The van der Waals surface area contributed by atoms with E-state index in [2.05, 4.69) is 5.32 Å². The second kappa shape index (κ2) is 4.35. The largest absolute Gasteiger partial charge is 0.340 e. The van der Waals surface area contributed by atoms with Crippen LogP contribution in [0.15, 0.2) is 0 Å². The maximum atomic E-state index is 11.8. The topological polar surface area (TPSA) is 32.3 Å². The monoisotopic (exact) mass is 178 g/mol. The van der Waals surface area contributed by atoms with E-state index in [1.807, 2.05) is 0 Å². The normalized spacial score (nSPS) is 18.4. The Hall–Kier alpha value is -0.710. The van der Waals surface area contributed by atoms with Crippen LogP contribution in [0.3, 0.4) is 0 Å². The quantitative estimate of drug-likeness (QED) is 0.649. The summed E-state index contributed by atoms with van der Waals surface area (Å²) < 4.78 is 23.6. The van der Waals surface area contributed by atoms with Crippen LogP contribution in [0.25, 0.3) is 0 Å². The van der Waals surface area contributed by atoms with Gasteiger partial charge in [0.25, 0.3) is 0 Å². The summed E-state index contributed by atoms with van der Waals surface area (Å²) in [5, 5.41) is 3.04. The molecule has 0 spiro atoms. The molecule has 0 aliphatic carbocycles. The molecule has 70 valence electrons. The first kappa shape index (κ1) is 9.38. The molecule has 1 N–H and O–H groups in total. The standard InChI is InChI=1S/C7H12F2N2O/c8-6(9)5-7(12)11-3-1-10-2-4-11/h6,10H,1-5H2. The molecule has 0 saturated carbocycles. The number of piperazine rings is 1. The highest BCUT2D eigenvalue weighted by atomic mass is 19.3. The summed E-state index contributed by atoms with van der Waals surface area (Å²) in [5.41, 5.74) is 0. The third-order valence-corrected chi connectivity index (χ3v) is 1.80. The summed E-state index contributed by atoms with van der Waals surface area (Å²) in [6, 6.07) is 0. The summed E-state index contributed by atoms with van der Waals surface area (Å²) in [6.07, 6.45) is -3.16. The van der Waals surface area contributed by atoms with Crippen LogP contribution in [-0.4, -0.2) is 43.4 Å². The summed E-state index contributed by atoms with van der Waals surface area (Å²) in [6.45, 7) is 2.50. The molecule has 0 atom stereocenters. The maximum absolute atomic E-state index is 11.8. The van der Waals surface area contributed by atoms with Gasteiger partial charge in [-0.25, -0.2) is 8.78 Å². The van der Waals surface area contributed by atoms with Crippen molar-refractivity contribution in [3.05, 3.63) is 0 Å². The highest BCUT2D eigenvalue weighted by Crippen LogP contribution is 2.04. The molecule has 5 heteroatoms. The SMILES string of the molecule is O=C(CC(F)F)N1CCNCC1. The van der Waals surface area contributed by atoms with E-state index in [1.165, 1.54) is 4.90 Å². The van der Waals surface area contributed by atoms with Gasteiger partial charge < -0.3 is 10.2 Å². The number of carbonyl (C=O) groups excluding carboxylic acids is 1. The number of halogens is 2. The molecule has 1 heterocycles. The molecule has 0 radical (unpaired) electrons. The Kier molecular flexibility index (Phi) is 3.40. The lowest BCUT2D eigenvalue weighted by molar-refractivity contribution is -0.134. The predicted molar refractivity (Wildman–Crippen MR) is 40.1 cm³/mol. The van der Waals surface area contributed by atoms with E-state index in [0.717, 1.165) is 0 Å². The second-order valence-electron chi connectivity index (χ2n) is 2.73. The van der Waals surface area contributed by atoms with Crippen LogP contribution in [-0.2, 0) is 4.79 Å². The minimum absolute atomic E-state index is 0.438. The van der Waals surface area contributed by atoms with Gasteiger partial charge in [0.1, 0.15) is 0 Å². The average Bonchev–Trinajstić information content (AvgIpc) is 2.05.